The molecule has 7 nitrogen and oxygen atoms in total. The number of likely N-dealkylation sites (tertiary alicyclic amines) is 2. The average Bonchev–Trinajstić information content (AvgIpc) is 3.04. The molecule has 30 heavy (non-hydrogen) atoms. The molecule has 1 atom stereocenters. The molecule has 3 rings (SSSR count). The molecule has 0 radical (unpaired) electrons. The van der Waals surface area contributed by atoms with E-state index in [9.17, 15) is 9.59 Å². The minimum Gasteiger partial charge on any atom is -0.353 e. The number of aromatic nitrogens is 2. The lowest BCUT2D eigenvalue weighted by atomic mass is 9.80. The highest BCUT2D eigenvalue weighted by Gasteiger charge is 2.40. The molecule has 2 fully saturated rings. The fourth-order valence-electron chi connectivity index (χ4n) is 4.89. The Labute approximate surface area is 181 Å². The zero-order valence-corrected chi connectivity index (χ0v) is 19.4. The summed E-state index contributed by atoms with van der Waals surface area (Å²) in [5, 5.41) is 10.5. The highest BCUT2D eigenvalue weighted by Crippen LogP contribution is 2.31. The Hall–Kier alpha value is -1.89. The largest absolute Gasteiger partial charge is 0.353 e. The number of piperidine rings is 2. The van der Waals surface area contributed by atoms with E-state index in [0.29, 0.717) is 25.4 Å². The molecule has 0 aromatic carbocycles. The van der Waals surface area contributed by atoms with Crippen LogP contribution in [0.3, 0.4) is 0 Å². The molecular weight excluding hydrogens is 378 g/mol. The predicted molar refractivity (Wildman–Crippen MR) is 118 cm³/mol. The Balaban J connectivity index is 1.52. The first-order valence-corrected chi connectivity index (χ1v) is 11.5. The Morgan fingerprint density at radius 3 is 2.53 bits per heavy atom. The van der Waals surface area contributed by atoms with E-state index < -0.39 is 5.41 Å². The summed E-state index contributed by atoms with van der Waals surface area (Å²) in [5.74, 6) is 0.253. The minimum absolute atomic E-state index is 0.115. The van der Waals surface area contributed by atoms with Crippen LogP contribution in [0.5, 0.6) is 0 Å². The number of H-pyrrole nitrogens is 1. The molecule has 2 aliphatic heterocycles. The van der Waals surface area contributed by atoms with Crippen molar-refractivity contribution in [2.75, 3.05) is 26.2 Å². The van der Waals surface area contributed by atoms with Crippen molar-refractivity contribution < 1.29 is 9.59 Å². The van der Waals surface area contributed by atoms with Gasteiger partial charge in [0.05, 0.1) is 11.1 Å². The lowest BCUT2D eigenvalue weighted by molar-refractivity contribution is -0.141. The summed E-state index contributed by atoms with van der Waals surface area (Å²) < 4.78 is 0. The highest BCUT2D eigenvalue weighted by atomic mass is 16.2. The molecule has 2 amide bonds. The van der Waals surface area contributed by atoms with Crippen molar-refractivity contribution in [1.29, 1.82) is 0 Å². The molecular formula is C23H39N5O2. The third-order valence-corrected chi connectivity index (χ3v) is 7.06. The molecule has 1 aromatic heterocycles. The maximum Gasteiger partial charge on any atom is 0.227 e. The Morgan fingerprint density at radius 1 is 1.23 bits per heavy atom. The van der Waals surface area contributed by atoms with Gasteiger partial charge in [-0.1, -0.05) is 0 Å². The molecule has 0 saturated carbocycles. The minimum atomic E-state index is -0.495. The molecule has 168 valence electrons. The van der Waals surface area contributed by atoms with Gasteiger partial charge >= 0.3 is 0 Å². The second-order valence-electron chi connectivity index (χ2n) is 9.77. The van der Waals surface area contributed by atoms with Gasteiger partial charge < -0.3 is 15.1 Å². The van der Waals surface area contributed by atoms with Gasteiger partial charge in [0.25, 0.3) is 0 Å². The summed E-state index contributed by atoms with van der Waals surface area (Å²) in [5.41, 5.74) is 2.64. The normalized spacial score (nSPS) is 23.7. The summed E-state index contributed by atoms with van der Waals surface area (Å²) >= 11 is 0. The van der Waals surface area contributed by atoms with Crippen molar-refractivity contribution >= 4 is 11.8 Å². The third kappa shape index (κ3) is 5.23. The number of nitrogens with zero attached hydrogens (tertiary/aromatic N) is 3. The molecule has 7 heteroatoms. The first kappa shape index (κ1) is 22.8. The van der Waals surface area contributed by atoms with Crippen LogP contribution in [-0.4, -0.2) is 70.1 Å². The van der Waals surface area contributed by atoms with Gasteiger partial charge in [0.2, 0.25) is 11.8 Å². The molecule has 1 aromatic rings. The third-order valence-electron chi connectivity index (χ3n) is 7.06. The standard InChI is InChI=1S/C23H39N5O2/c1-16(2)27-13-9-19(10-14-27)24-22(30)23(5)11-6-12-28(15-23)21(29)8-7-20-17(3)25-26-18(20)4/h16,19H,6-15H2,1-5H3,(H,24,30)(H,25,26). The maximum absolute atomic E-state index is 13.1. The lowest BCUT2D eigenvalue weighted by Crippen LogP contribution is -2.55. The monoisotopic (exact) mass is 417 g/mol. The molecule has 2 N–H and O–H groups in total. The summed E-state index contributed by atoms with van der Waals surface area (Å²) in [6, 6.07) is 0.814. The van der Waals surface area contributed by atoms with Crippen molar-refractivity contribution in [1.82, 2.24) is 25.3 Å². The fraction of sp³-hybridized carbons (Fsp3) is 0.783. The van der Waals surface area contributed by atoms with Crippen LogP contribution in [0.2, 0.25) is 0 Å². The number of amides is 2. The van der Waals surface area contributed by atoms with E-state index in [1.54, 1.807) is 0 Å². The second-order valence-corrected chi connectivity index (χ2v) is 9.77. The van der Waals surface area contributed by atoms with Crippen molar-refractivity contribution in [2.45, 2.75) is 85.2 Å². The molecule has 2 aliphatic rings. The van der Waals surface area contributed by atoms with Gasteiger partial charge in [-0.25, -0.2) is 0 Å². The topological polar surface area (TPSA) is 81.3 Å². The van der Waals surface area contributed by atoms with Crippen LogP contribution in [-0.2, 0) is 16.0 Å². The van der Waals surface area contributed by atoms with Crippen LogP contribution in [0.1, 0.15) is 69.8 Å². The number of carbonyl (C=O) groups excluding carboxylic acids is 2. The first-order chi connectivity index (χ1) is 14.2. The van der Waals surface area contributed by atoms with Crippen LogP contribution in [0, 0.1) is 19.3 Å². The summed E-state index contributed by atoms with van der Waals surface area (Å²) in [6.45, 7) is 13.8. The summed E-state index contributed by atoms with van der Waals surface area (Å²) in [7, 11) is 0. The van der Waals surface area contributed by atoms with E-state index in [1.165, 1.54) is 0 Å². The van der Waals surface area contributed by atoms with Gasteiger partial charge in [0.15, 0.2) is 0 Å². The van der Waals surface area contributed by atoms with Gasteiger partial charge in [0.1, 0.15) is 0 Å². The molecule has 3 heterocycles. The van der Waals surface area contributed by atoms with Gasteiger partial charge in [-0.15, -0.1) is 0 Å². The zero-order valence-electron chi connectivity index (χ0n) is 19.4. The fourth-order valence-corrected chi connectivity index (χ4v) is 4.89. The quantitative estimate of drug-likeness (QED) is 0.745. The Morgan fingerprint density at radius 2 is 1.93 bits per heavy atom. The summed E-state index contributed by atoms with van der Waals surface area (Å²) in [4.78, 5) is 30.4. The van der Waals surface area contributed by atoms with Gasteiger partial charge in [-0.05, 0) is 72.3 Å². The van der Waals surface area contributed by atoms with E-state index in [2.05, 4.69) is 34.3 Å². The molecule has 0 bridgehead atoms. The van der Waals surface area contributed by atoms with E-state index in [0.717, 1.165) is 62.3 Å². The number of aryl methyl sites for hydroxylation is 2. The second kappa shape index (κ2) is 9.50. The van der Waals surface area contributed by atoms with E-state index in [1.807, 2.05) is 25.7 Å². The lowest BCUT2D eigenvalue weighted by Gasteiger charge is -2.41. The number of hydrogen-bond acceptors (Lipinski definition) is 4. The van der Waals surface area contributed by atoms with Gasteiger partial charge in [-0.2, -0.15) is 5.10 Å². The van der Waals surface area contributed by atoms with Crippen LogP contribution >= 0.6 is 0 Å². The van der Waals surface area contributed by atoms with Crippen molar-refractivity contribution in [2.24, 2.45) is 5.41 Å². The number of aromatic amines is 1. The van der Waals surface area contributed by atoms with Crippen molar-refractivity contribution in [3.63, 3.8) is 0 Å². The number of carbonyl (C=O) groups is 2. The number of rotatable bonds is 6. The Kier molecular flexibility index (Phi) is 7.22. The van der Waals surface area contributed by atoms with Gasteiger partial charge in [-0.3, -0.25) is 14.7 Å². The van der Waals surface area contributed by atoms with E-state index >= 15 is 0 Å². The summed E-state index contributed by atoms with van der Waals surface area (Å²) in [6.07, 6.45) is 4.89. The zero-order chi connectivity index (χ0) is 21.9. The molecule has 1 unspecified atom stereocenters. The highest BCUT2D eigenvalue weighted by molar-refractivity contribution is 5.84. The van der Waals surface area contributed by atoms with Crippen LogP contribution < -0.4 is 5.32 Å². The van der Waals surface area contributed by atoms with Crippen LogP contribution in [0.15, 0.2) is 0 Å². The molecule has 0 aliphatic carbocycles. The Bertz CT molecular complexity index is 731. The molecule has 2 saturated heterocycles. The molecule has 0 spiro atoms. The van der Waals surface area contributed by atoms with Gasteiger partial charge in [0, 0.05) is 50.4 Å². The number of hydrogen-bond donors (Lipinski definition) is 2. The van der Waals surface area contributed by atoms with Crippen LogP contribution in [0.4, 0.5) is 0 Å². The maximum atomic E-state index is 13.1. The van der Waals surface area contributed by atoms with E-state index in [-0.39, 0.29) is 17.9 Å². The smallest absolute Gasteiger partial charge is 0.227 e. The predicted octanol–water partition coefficient (Wildman–Crippen LogP) is 2.58. The number of nitrogens with one attached hydrogen (secondary N) is 2. The SMILES string of the molecule is Cc1n[nH]c(C)c1CCC(=O)N1CCCC(C)(C(=O)NC2CCN(C(C)C)CC2)C1. The van der Waals surface area contributed by atoms with Crippen molar-refractivity contribution in [3.8, 4) is 0 Å². The average molecular weight is 418 g/mol. The van der Waals surface area contributed by atoms with E-state index in [4.69, 9.17) is 0 Å². The van der Waals surface area contributed by atoms with Crippen LogP contribution in [0.25, 0.3) is 0 Å². The van der Waals surface area contributed by atoms with Crippen molar-refractivity contribution in [3.05, 3.63) is 17.0 Å². The first-order valence-electron chi connectivity index (χ1n) is 11.5.